The van der Waals surface area contributed by atoms with Crippen LogP contribution < -0.4 is 15.2 Å². The van der Waals surface area contributed by atoms with Crippen LogP contribution in [0.2, 0.25) is 0 Å². The highest BCUT2D eigenvalue weighted by molar-refractivity contribution is 5.43. The second-order valence-corrected chi connectivity index (χ2v) is 5.37. The van der Waals surface area contributed by atoms with Crippen LogP contribution in [-0.4, -0.2) is 19.3 Å². The number of benzene rings is 1. The van der Waals surface area contributed by atoms with Gasteiger partial charge in [0.15, 0.2) is 11.5 Å². The predicted octanol–water partition coefficient (Wildman–Crippen LogP) is 3.46. The van der Waals surface area contributed by atoms with Gasteiger partial charge in [-0.15, -0.1) is 0 Å². The number of ether oxygens (including phenoxy) is 2. The molecule has 2 N–H and O–H groups in total. The average Bonchev–Trinajstić information content (AvgIpc) is 2.49. The van der Waals surface area contributed by atoms with Crippen molar-refractivity contribution in [3.63, 3.8) is 0 Å². The molecular formula is C17H25NO2. The van der Waals surface area contributed by atoms with E-state index in [1.165, 1.54) is 12.0 Å². The van der Waals surface area contributed by atoms with E-state index in [-0.39, 0.29) is 12.1 Å². The number of hydrogen-bond acceptors (Lipinski definition) is 3. The van der Waals surface area contributed by atoms with Crippen molar-refractivity contribution in [3.05, 3.63) is 35.9 Å². The van der Waals surface area contributed by atoms with Gasteiger partial charge in [0.25, 0.3) is 0 Å². The third-order valence-corrected chi connectivity index (χ3v) is 3.74. The molecule has 0 aliphatic heterocycles. The summed E-state index contributed by atoms with van der Waals surface area (Å²) in [7, 11) is 1.68. The van der Waals surface area contributed by atoms with Crippen LogP contribution >= 0.6 is 0 Å². The van der Waals surface area contributed by atoms with Gasteiger partial charge in [0.2, 0.25) is 0 Å². The largest absolute Gasteiger partial charge is 0.493 e. The lowest BCUT2D eigenvalue weighted by atomic mass is 10.0. The Kier molecular flexibility index (Phi) is 5.48. The zero-order valence-electron chi connectivity index (χ0n) is 12.5. The molecule has 1 aromatic rings. The first-order valence-electron chi connectivity index (χ1n) is 7.48. The highest BCUT2D eigenvalue weighted by atomic mass is 16.5. The molecule has 0 spiro atoms. The Labute approximate surface area is 121 Å². The Balaban J connectivity index is 2.08. The minimum atomic E-state index is 0.168. The molecule has 2 atom stereocenters. The van der Waals surface area contributed by atoms with Crippen molar-refractivity contribution in [1.82, 2.24) is 0 Å². The van der Waals surface area contributed by atoms with Gasteiger partial charge in [-0.2, -0.15) is 0 Å². The molecule has 0 radical (unpaired) electrons. The fourth-order valence-electron chi connectivity index (χ4n) is 2.43. The molecule has 3 heteroatoms. The first-order valence-corrected chi connectivity index (χ1v) is 7.48. The lowest BCUT2D eigenvalue weighted by molar-refractivity contribution is 0.219. The SMILES string of the molecule is CCC(N)Cc1ccc(OC2C=CCCC2)c(OC)c1. The van der Waals surface area contributed by atoms with Crippen LogP contribution in [0.3, 0.4) is 0 Å². The van der Waals surface area contributed by atoms with Gasteiger partial charge in [-0.3, -0.25) is 0 Å². The van der Waals surface area contributed by atoms with Crippen molar-refractivity contribution in [2.24, 2.45) is 5.73 Å². The molecule has 0 aromatic heterocycles. The molecule has 0 amide bonds. The normalized spacial score (nSPS) is 19.6. The molecule has 20 heavy (non-hydrogen) atoms. The molecule has 1 aliphatic rings. The van der Waals surface area contributed by atoms with Crippen LogP contribution in [0.5, 0.6) is 11.5 Å². The summed E-state index contributed by atoms with van der Waals surface area (Å²) in [5.74, 6) is 1.61. The number of nitrogens with two attached hydrogens (primary N) is 1. The third kappa shape index (κ3) is 4.01. The lowest BCUT2D eigenvalue weighted by Gasteiger charge is -2.20. The number of hydrogen-bond donors (Lipinski definition) is 1. The Morgan fingerprint density at radius 2 is 2.20 bits per heavy atom. The van der Waals surface area contributed by atoms with E-state index in [2.05, 4.69) is 25.1 Å². The van der Waals surface area contributed by atoms with Crippen LogP contribution in [0.1, 0.15) is 38.2 Å². The van der Waals surface area contributed by atoms with Gasteiger partial charge in [0.05, 0.1) is 7.11 Å². The molecule has 2 unspecified atom stereocenters. The van der Waals surface area contributed by atoms with Gasteiger partial charge >= 0.3 is 0 Å². The Hall–Kier alpha value is -1.48. The Morgan fingerprint density at radius 3 is 2.85 bits per heavy atom. The van der Waals surface area contributed by atoms with Crippen molar-refractivity contribution in [2.45, 2.75) is 51.2 Å². The zero-order valence-corrected chi connectivity index (χ0v) is 12.5. The van der Waals surface area contributed by atoms with Gasteiger partial charge in [-0.25, -0.2) is 0 Å². The van der Waals surface area contributed by atoms with Crippen LogP contribution in [0.15, 0.2) is 30.4 Å². The summed E-state index contributed by atoms with van der Waals surface area (Å²) in [5, 5.41) is 0. The zero-order chi connectivity index (χ0) is 14.4. The summed E-state index contributed by atoms with van der Waals surface area (Å²) in [4.78, 5) is 0. The molecule has 0 bridgehead atoms. The number of methoxy groups -OCH3 is 1. The van der Waals surface area contributed by atoms with Gasteiger partial charge in [0.1, 0.15) is 6.10 Å². The molecule has 2 rings (SSSR count). The maximum absolute atomic E-state index is 6.02. The van der Waals surface area contributed by atoms with Crippen molar-refractivity contribution >= 4 is 0 Å². The van der Waals surface area contributed by atoms with E-state index in [9.17, 15) is 0 Å². The number of rotatable bonds is 6. The van der Waals surface area contributed by atoms with Gasteiger partial charge in [-0.1, -0.05) is 19.1 Å². The van der Waals surface area contributed by atoms with Gasteiger partial charge in [-0.05, 0) is 55.9 Å². The lowest BCUT2D eigenvalue weighted by Crippen LogP contribution is -2.21. The van der Waals surface area contributed by atoms with E-state index in [0.29, 0.717) is 0 Å². The molecule has 1 aliphatic carbocycles. The summed E-state index contributed by atoms with van der Waals surface area (Å²) in [6.45, 7) is 2.11. The standard InChI is InChI=1S/C17H25NO2/c1-3-14(18)11-13-9-10-16(17(12-13)19-2)20-15-7-5-4-6-8-15/h5,7,9-10,12,14-15H,3-4,6,8,11,18H2,1-2H3. The first-order chi connectivity index (χ1) is 9.72. The van der Waals surface area contributed by atoms with E-state index in [1.807, 2.05) is 12.1 Å². The molecule has 1 aromatic carbocycles. The fourth-order valence-corrected chi connectivity index (χ4v) is 2.43. The second kappa shape index (κ2) is 7.34. The van der Waals surface area contributed by atoms with E-state index in [1.54, 1.807) is 7.11 Å². The van der Waals surface area contributed by atoms with Gasteiger partial charge in [0, 0.05) is 6.04 Å². The van der Waals surface area contributed by atoms with Crippen LogP contribution in [0.4, 0.5) is 0 Å². The molecule has 0 saturated heterocycles. The quantitative estimate of drug-likeness (QED) is 0.809. The van der Waals surface area contributed by atoms with Crippen LogP contribution in [0, 0.1) is 0 Å². The molecule has 0 saturated carbocycles. The predicted molar refractivity (Wildman–Crippen MR) is 82.4 cm³/mol. The smallest absolute Gasteiger partial charge is 0.162 e. The summed E-state index contributed by atoms with van der Waals surface area (Å²) in [5.41, 5.74) is 7.20. The van der Waals surface area contributed by atoms with E-state index in [4.69, 9.17) is 15.2 Å². The first kappa shape index (κ1) is 14.9. The highest BCUT2D eigenvalue weighted by Gasteiger charge is 2.14. The minimum Gasteiger partial charge on any atom is -0.493 e. The van der Waals surface area contributed by atoms with E-state index in [0.717, 1.165) is 37.2 Å². The topological polar surface area (TPSA) is 44.5 Å². The fraction of sp³-hybridized carbons (Fsp3) is 0.529. The van der Waals surface area contributed by atoms with Gasteiger partial charge < -0.3 is 15.2 Å². The summed E-state index contributed by atoms with van der Waals surface area (Å²) >= 11 is 0. The average molecular weight is 275 g/mol. The molecule has 110 valence electrons. The number of allylic oxidation sites excluding steroid dienone is 1. The van der Waals surface area contributed by atoms with Crippen molar-refractivity contribution < 1.29 is 9.47 Å². The summed E-state index contributed by atoms with van der Waals surface area (Å²) in [6, 6.07) is 6.32. The maximum Gasteiger partial charge on any atom is 0.162 e. The Morgan fingerprint density at radius 1 is 1.35 bits per heavy atom. The Bertz CT molecular complexity index is 456. The maximum atomic E-state index is 6.02. The summed E-state index contributed by atoms with van der Waals surface area (Å²) < 4.78 is 11.5. The van der Waals surface area contributed by atoms with Crippen LogP contribution in [-0.2, 0) is 6.42 Å². The molecule has 0 heterocycles. The van der Waals surface area contributed by atoms with E-state index < -0.39 is 0 Å². The highest BCUT2D eigenvalue weighted by Crippen LogP contribution is 2.31. The monoisotopic (exact) mass is 275 g/mol. The molecule has 3 nitrogen and oxygen atoms in total. The molecule has 0 fully saturated rings. The van der Waals surface area contributed by atoms with Crippen molar-refractivity contribution in [3.8, 4) is 11.5 Å². The second-order valence-electron chi connectivity index (χ2n) is 5.37. The molecular weight excluding hydrogens is 250 g/mol. The third-order valence-electron chi connectivity index (χ3n) is 3.74. The minimum absolute atomic E-state index is 0.168. The van der Waals surface area contributed by atoms with Crippen molar-refractivity contribution in [1.29, 1.82) is 0 Å². The summed E-state index contributed by atoms with van der Waals surface area (Å²) in [6.07, 6.45) is 9.77. The van der Waals surface area contributed by atoms with E-state index >= 15 is 0 Å². The van der Waals surface area contributed by atoms with Crippen molar-refractivity contribution in [2.75, 3.05) is 7.11 Å². The van der Waals surface area contributed by atoms with Crippen LogP contribution in [0.25, 0.3) is 0 Å².